The maximum absolute atomic E-state index is 5.62. The van der Waals surface area contributed by atoms with Gasteiger partial charge in [-0.05, 0) is 30.9 Å². The smallest absolute Gasteiger partial charge is 0.337 e. The van der Waals surface area contributed by atoms with E-state index in [1.54, 1.807) is 0 Å². The number of nitrogens with one attached hydrogen (secondary N) is 4. The lowest BCUT2D eigenvalue weighted by Crippen LogP contribution is -2.73. The molecule has 3 aliphatic rings. The summed E-state index contributed by atoms with van der Waals surface area (Å²) in [4.78, 5) is 3.72. The van der Waals surface area contributed by atoms with Gasteiger partial charge in [0, 0.05) is 6.54 Å². The maximum atomic E-state index is 5.62. The third kappa shape index (κ3) is 10.5. The third-order valence-corrected chi connectivity index (χ3v) is 7.35. The highest BCUT2D eigenvalue weighted by molar-refractivity contribution is 7.81. The zero-order valence-electron chi connectivity index (χ0n) is 20.5. The fraction of sp³-hybridized carbons (Fsp3) is 0.875. The summed E-state index contributed by atoms with van der Waals surface area (Å²) in [6.07, 6.45) is 14.2. The Morgan fingerprint density at radius 2 is 1.58 bits per heavy atom. The molecular weight excluding hydrogens is 454 g/mol. The molecule has 33 heavy (non-hydrogen) atoms. The van der Waals surface area contributed by atoms with E-state index in [2.05, 4.69) is 27.9 Å². The fourth-order valence-corrected chi connectivity index (χ4v) is 5.17. The Morgan fingerprint density at radius 3 is 2.24 bits per heavy atom. The Labute approximate surface area is 211 Å². The van der Waals surface area contributed by atoms with E-state index in [0.717, 1.165) is 57.0 Å². The van der Waals surface area contributed by atoms with Crippen LogP contribution in [0.4, 0.5) is 0 Å². The topological polar surface area (TPSA) is 75.1 Å². The van der Waals surface area contributed by atoms with Gasteiger partial charge in [0.2, 0.25) is 0 Å². The number of rotatable bonds is 17. The first-order valence-electron chi connectivity index (χ1n) is 13.1. The van der Waals surface area contributed by atoms with Crippen molar-refractivity contribution in [3.05, 3.63) is 0 Å². The molecule has 2 saturated heterocycles. The van der Waals surface area contributed by atoms with Crippen molar-refractivity contribution in [1.82, 2.24) is 16.0 Å². The molecule has 188 valence electrons. The van der Waals surface area contributed by atoms with Crippen LogP contribution < -0.4 is 20.9 Å². The molecule has 3 aliphatic heterocycles. The van der Waals surface area contributed by atoms with Crippen molar-refractivity contribution in [2.24, 2.45) is 0 Å². The van der Waals surface area contributed by atoms with Crippen molar-refractivity contribution in [2.75, 3.05) is 52.5 Å². The zero-order valence-corrected chi connectivity index (χ0v) is 22.1. The summed E-state index contributed by atoms with van der Waals surface area (Å²) in [5, 5.41) is 10.7. The lowest BCUT2D eigenvalue weighted by atomic mass is 10.1. The number of unbranched alkanes of at least 4 members (excludes halogenated alkanes) is 8. The van der Waals surface area contributed by atoms with Crippen LogP contribution in [0.3, 0.4) is 0 Å². The van der Waals surface area contributed by atoms with Crippen LogP contribution in [0.5, 0.6) is 0 Å². The Morgan fingerprint density at radius 1 is 0.939 bits per heavy atom. The molecule has 3 heterocycles. The summed E-state index contributed by atoms with van der Waals surface area (Å²) >= 11 is 10.7. The van der Waals surface area contributed by atoms with Gasteiger partial charge >= 0.3 is 5.84 Å². The van der Waals surface area contributed by atoms with Crippen LogP contribution in [0, 0.1) is 0 Å². The molecule has 0 aromatic carbocycles. The predicted molar refractivity (Wildman–Crippen MR) is 141 cm³/mol. The van der Waals surface area contributed by atoms with E-state index in [1.165, 1.54) is 70.0 Å². The van der Waals surface area contributed by atoms with E-state index in [1.807, 2.05) is 0 Å². The monoisotopic (exact) mass is 499 g/mol. The van der Waals surface area contributed by atoms with Gasteiger partial charge in [-0.2, -0.15) is 4.99 Å². The molecule has 0 aliphatic carbocycles. The van der Waals surface area contributed by atoms with E-state index in [-0.39, 0.29) is 0 Å². The number of quaternary nitrogens is 1. The van der Waals surface area contributed by atoms with Crippen molar-refractivity contribution in [3.8, 4) is 0 Å². The highest BCUT2D eigenvalue weighted by atomic mass is 32.1. The second-order valence-corrected chi connectivity index (χ2v) is 10.5. The summed E-state index contributed by atoms with van der Waals surface area (Å²) in [5.41, 5.74) is 0. The predicted octanol–water partition coefficient (Wildman–Crippen LogP) is 1.35. The van der Waals surface area contributed by atoms with Gasteiger partial charge in [-0.1, -0.05) is 58.3 Å². The van der Waals surface area contributed by atoms with Crippen molar-refractivity contribution in [2.45, 2.75) is 83.3 Å². The highest BCUT2D eigenvalue weighted by Gasteiger charge is 2.47. The maximum Gasteiger partial charge on any atom is 0.337 e. The number of epoxide rings is 2. The molecule has 3 rings (SSSR count). The molecule has 0 aromatic heterocycles. The Kier molecular flexibility index (Phi) is 11.8. The summed E-state index contributed by atoms with van der Waals surface area (Å²) in [5.74, 6) is 1.50. The molecule has 0 bridgehead atoms. The molecule has 3 atom stereocenters. The Bertz CT molecular complexity index is 655. The van der Waals surface area contributed by atoms with Gasteiger partial charge in [0.15, 0.2) is 16.8 Å². The fourth-order valence-electron chi connectivity index (χ4n) is 4.72. The van der Waals surface area contributed by atoms with Gasteiger partial charge in [0.25, 0.3) is 0 Å². The first-order chi connectivity index (χ1) is 16.1. The first kappa shape index (κ1) is 26.7. The van der Waals surface area contributed by atoms with E-state index >= 15 is 0 Å². The lowest BCUT2D eigenvalue weighted by Gasteiger charge is -2.31. The van der Waals surface area contributed by atoms with Crippen LogP contribution in [0.2, 0.25) is 0 Å². The van der Waals surface area contributed by atoms with Crippen molar-refractivity contribution in [1.29, 1.82) is 0 Å². The lowest BCUT2D eigenvalue weighted by molar-refractivity contribution is -0.838. The van der Waals surface area contributed by atoms with E-state index < -0.39 is 0 Å². The van der Waals surface area contributed by atoms with Gasteiger partial charge < -0.3 is 25.4 Å². The number of thiocarbonyl (C=S) groups is 2. The largest absolute Gasteiger partial charge is 0.371 e. The summed E-state index contributed by atoms with van der Waals surface area (Å²) in [7, 11) is 0. The van der Waals surface area contributed by atoms with Crippen LogP contribution >= 0.6 is 24.4 Å². The molecule has 0 radical (unpaired) electrons. The standard InChI is InChI=1S/C24H43N5O2S2/c1-2-3-4-5-6-7-8-9-10-11-22-25-12-14-29(22,17-21-19-31-21)15-13-26-23(32)28-24(33)27-16-20-18-30-20/h20-21H,2-19H2,1H3,(H2-,26,27,28,32,33)/p+2. The molecule has 0 amide bonds. The number of ether oxygens (including phenoxy) is 2. The normalized spacial score (nSPS) is 25.4. The summed E-state index contributed by atoms with van der Waals surface area (Å²) in [6, 6.07) is 0. The zero-order chi connectivity index (χ0) is 23.4. The van der Waals surface area contributed by atoms with Crippen LogP contribution in [-0.4, -0.2) is 85.2 Å². The van der Waals surface area contributed by atoms with Gasteiger partial charge in [0.05, 0.1) is 32.3 Å². The van der Waals surface area contributed by atoms with Crippen LogP contribution in [0.25, 0.3) is 0 Å². The Balaban J connectivity index is 1.33. The molecule has 2 fully saturated rings. The summed E-state index contributed by atoms with van der Waals surface area (Å²) < 4.78 is 11.8. The molecule has 0 saturated carbocycles. The molecule has 7 nitrogen and oxygen atoms in total. The van der Waals surface area contributed by atoms with Crippen molar-refractivity contribution in [3.63, 3.8) is 0 Å². The second-order valence-electron chi connectivity index (χ2n) is 9.73. The highest BCUT2D eigenvalue weighted by Crippen LogP contribution is 2.21. The van der Waals surface area contributed by atoms with Crippen molar-refractivity contribution >= 4 is 40.5 Å². The first-order valence-corrected chi connectivity index (χ1v) is 14.0. The number of hydrogen-bond acceptors (Lipinski definition) is 4. The SMILES string of the molecule is CCCCCCCCCCCC1=[NH+]CC[N+]1(CCNC(=S)NC(=S)NCC1CO1)CC1CO1. The van der Waals surface area contributed by atoms with Crippen molar-refractivity contribution < 1.29 is 18.9 Å². The minimum absolute atomic E-state index is 0.294. The quantitative estimate of drug-likeness (QED) is 0.104. The molecule has 0 spiro atoms. The number of nitrogens with zero attached hydrogens (tertiary/aromatic N) is 1. The molecule has 9 heteroatoms. The minimum Gasteiger partial charge on any atom is -0.371 e. The van der Waals surface area contributed by atoms with E-state index in [9.17, 15) is 0 Å². The van der Waals surface area contributed by atoms with Gasteiger partial charge in [-0.25, -0.2) is 4.48 Å². The molecule has 0 aromatic rings. The average molecular weight is 500 g/mol. The van der Waals surface area contributed by atoms with Gasteiger partial charge in [-0.3, -0.25) is 0 Å². The summed E-state index contributed by atoms with van der Waals surface area (Å²) in [6.45, 7) is 9.83. The third-order valence-electron chi connectivity index (χ3n) is 6.86. The molecule has 4 N–H and O–H groups in total. The Hall–Kier alpha value is -0.870. The molecule has 3 unspecified atom stereocenters. The number of amidine groups is 1. The number of hydrogen-bond donors (Lipinski definition) is 4. The van der Waals surface area contributed by atoms with Gasteiger partial charge in [0.1, 0.15) is 25.7 Å². The van der Waals surface area contributed by atoms with Crippen LogP contribution in [-0.2, 0) is 9.47 Å². The van der Waals surface area contributed by atoms with E-state index in [0.29, 0.717) is 22.4 Å². The van der Waals surface area contributed by atoms with E-state index in [4.69, 9.17) is 33.9 Å². The average Bonchev–Trinajstić information content (AvgIpc) is 3.72. The minimum atomic E-state index is 0.294. The molecular formula is C24H45N5O2S2+2. The van der Waals surface area contributed by atoms with Crippen LogP contribution in [0.15, 0.2) is 0 Å². The van der Waals surface area contributed by atoms with Gasteiger partial charge in [-0.15, -0.1) is 0 Å². The van der Waals surface area contributed by atoms with Crippen LogP contribution in [0.1, 0.15) is 71.1 Å². The second kappa shape index (κ2) is 14.5.